The van der Waals surface area contributed by atoms with Crippen LogP contribution in [0.2, 0.25) is 0 Å². The number of imidazole rings is 1. The number of hydrogen-bond donors (Lipinski definition) is 3. The van der Waals surface area contributed by atoms with Gasteiger partial charge in [-0.1, -0.05) is 18.9 Å². The van der Waals surface area contributed by atoms with E-state index >= 15 is 0 Å². The first-order valence-corrected chi connectivity index (χ1v) is 5.69. The highest BCUT2D eigenvalue weighted by atomic mass is 16.1. The van der Waals surface area contributed by atoms with Crippen molar-refractivity contribution in [2.45, 2.75) is 31.2 Å². The van der Waals surface area contributed by atoms with E-state index in [1.807, 2.05) is 18.2 Å². The molecule has 1 heterocycles. The molecule has 1 aromatic carbocycles. The second kappa shape index (κ2) is 3.22. The second-order valence-electron chi connectivity index (χ2n) is 4.70. The number of nitrogens with two attached hydrogens (primary N) is 1. The Labute approximate surface area is 92.9 Å². The first kappa shape index (κ1) is 9.66. The molecule has 0 spiro atoms. The Morgan fingerprint density at radius 2 is 1.81 bits per heavy atom. The number of aromatic nitrogens is 2. The van der Waals surface area contributed by atoms with Gasteiger partial charge in [0, 0.05) is 5.54 Å². The van der Waals surface area contributed by atoms with Crippen molar-refractivity contribution in [1.82, 2.24) is 9.97 Å². The number of hydrogen-bond acceptors (Lipinski definition) is 2. The molecule has 1 saturated carbocycles. The van der Waals surface area contributed by atoms with Crippen LogP contribution in [-0.4, -0.2) is 9.97 Å². The van der Waals surface area contributed by atoms with E-state index in [1.54, 1.807) is 0 Å². The van der Waals surface area contributed by atoms with Crippen LogP contribution in [0, 0.1) is 0 Å². The highest BCUT2D eigenvalue weighted by molar-refractivity contribution is 5.75. The standard InChI is InChI=1S/C12H15N3O/c13-12(5-1-2-6-12)8-3-4-9-10(7-8)15-11(16)14-9/h3-4,7H,1-2,5-6,13H2,(H2,14,15,16). The van der Waals surface area contributed by atoms with Gasteiger partial charge in [0.15, 0.2) is 0 Å². The molecule has 0 bridgehead atoms. The Morgan fingerprint density at radius 1 is 1.12 bits per heavy atom. The molecule has 2 aromatic rings. The fourth-order valence-corrected chi connectivity index (χ4v) is 2.64. The van der Waals surface area contributed by atoms with E-state index in [9.17, 15) is 4.79 Å². The molecule has 0 unspecified atom stereocenters. The van der Waals surface area contributed by atoms with Crippen LogP contribution in [0.3, 0.4) is 0 Å². The van der Waals surface area contributed by atoms with Gasteiger partial charge >= 0.3 is 5.69 Å². The van der Waals surface area contributed by atoms with Gasteiger partial charge in [-0.25, -0.2) is 4.79 Å². The molecule has 84 valence electrons. The molecule has 0 atom stereocenters. The molecule has 16 heavy (non-hydrogen) atoms. The monoisotopic (exact) mass is 217 g/mol. The van der Waals surface area contributed by atoms with Gasteiger partial charge in [0.2, 0.25) is 0 Å². The zero-order valence-electron chi connectivity index (χ0n) is 9.05. The van der Waals surface area contributed by atoms with Crippen LogP contribution >= 0.6 is 0 Å². The SMILES string of the molecule is NC1(c2ccc3[nH]c(=O)[nH]c3c2)CCCC1. The first-order valence-electron chi connectivity index (χ1n) is 5.69. The number of aromatic amines is 2. The Kier molecular flexibility index (Phi) is 1.94. The van der Waals surface area contributed by atoms with Crippen LogP contribution in [0.5, 0.6) is 0 Å². The Hall–Kier alpha value is -1.55. The lowest BCUT2D eigenvalue weighted by atomic mass is 9.89. The molecule has 1 fully saturated rings. The smallest absolute Gasteiger partial charge is 0.321 e. The lowest BCUT2D eigenvalue weighted by Gasteiger charge is -2.24. The highest BCUT2D eigenvalue weighted by Crippen LogP contribution is 2.36. The lowest BCUT2D eigenvalue weighted by Crippen LogP contribution is -2.32. The van der Waals surface area contributed by atoms with E-state index in [0.29, 0.717) is 0 Å². The van der Waals surface area contributed by atoms with Gasteiger partial charge in [0.05, 0.1) is 11.0 Å². The zero-order chi connectivity index (χ0) is 11.2. The molecule has 0 radical (unpaired) electrons. The predicted octanol–water partition coefficient (Wildman–Crippen LogP) is 1.58. The van der Waals surface area contributed by atoms with Crippen LogP contribution < -0.4 is 11.4 Å². The second-order valence-corrected chi connectivity index (χ2v) is 4.70. The van der Waals surface area contributed by atoms with Crippen molar-refractivity contribution in [1.29, 1.82) is 0 Å². The van der Waals surface area contributed by atoms with Gasteiger partial charge in [0.1, 0.15) is 0 Å². The fourth-order valence-electron chi connectivity index (χ4n) is 2.64. The Bertz CT molecular complexity index is 575. The first-order chi connectivity index (χ1) is 7.67. The molecule has 0 aliphatic heterocycles. The minimum atomic E-state index is -0.192. The number of fused-ring (bicyclic) bond motifs is 1. The van der Waals surface area contributed by atoms with Crippen LogP contribution in [0.1, 0.15) is 31.2 Å². The Morgan fingerprint density at radius 3 is 2.56 bits per heavy atom. The summed E-state index contributed by atoms with van der Waals surface area (Å²) in [6, 6.07) is 5.95. The number of rotatable bonds is 1. The van der Waals surface area contributed by atoms with E-state index in [1.165, 1.54) is 12.8 Å². The third kappa shape index (κ3) is 1.38. The minimum Gasteiger partial charge on any atom is -0.321 e. The molecule has 4 nitrogen and oxygen atoms in total. The maximum atomic E-state index is 11.2. The summed E-state index contributed by atoms with van der Waals surface area (Å²) in [6.07, 6.45) is 4.46. The van der Waals surface area contributed by atoms with Crippen molar-refractivity contribution in [2.24, 2.45) is 5.73 Å². The summed E-state index contributed by atoms with van der Waals surface area (Å²) in [7, 11) is 0. The normalized spacial score (nSPS) is 19.3. The summed E-state index contributed by atoms with van der Waals surface area (Å²) >= 11 is 0. The third-order valence-corrected chi connectivity index (χ3v) is 3.59. The van der Waals surface area contributed by atoms with Crippen LogP contribution in [0.4, 0.5) is 0 Å². The minimum absolute atomic E-state index is 0.162. The van der Waals surface area contributed by atoms with Crippen LogP contribution in [0.25, 0.3) is 11.0 Å². The molecule has 0 saturated heterocycles. The van der Waals surface area contributed by atoms with Crippen molar-refractivity contribution >= 4 is 11.0 Å². The van der Waals surface area contributed by atoms with Crippen LogP contribution in [0.15, 0.2) is 23.0 Å². The van der Waals surface area contributed by atoms with Gasteiger partial charge in [-0.05, 0) is 30.5 Å². The highest BCUT2D eigenvalue weighted by Gasteiger charge is 2.31. The fraction of sp³-hybridized carbons (Fsp3) is 0.417. The Balaban J connectivity index is 2.14. The van der Waals surface area contributed by atoms with Gasteiger partial charge in [-0.15, -0.1) is 0 Å². The molecule has 4 N–H and O–H groups in total. The number of benzene rings is 1. The largest absolute Gasteiger partial charge is 0.323 e. The zero-order valence-corrected chi connectivity index (χ0v) is 9.05. The maximum absolute atomic E-state index is 11.2. The summed E-state index contributed by atoms with van der Waals surface area (Å²) < 4.78 is 0. The molecular formula is C12H15N3O. The van der Waals surface area contributed by atoms with Crippen molar-refractivity contribution in [2.75, 3.05) is 0 Å². The molecular weight excluding hydrogens is 202 g/mol. The third-order valence-electron chi connectivity index (χ3n) is 3.59. The summed E-state index contributed by atoms with van der Waals surface area (Å²) in [5.41, 5.74) is 8.84. The number of H-pyrrole nitrogens is 2. The summed E-state index contributed by atoms with van der Waals surface area (Å²) in [4.78, 5) is 16.7. The van der Waals surface area contributed by atoms with Crippen molar-refractivity contribution in [3.63, 3.8) is 0 Å². The van der Waals surface area contributed by atoms with E-state index in [-0.39, 0.29) is 11.2 Å². The quantitative estimate of drug-likeness (QED) is 0.678. The lowest BCUT2D eigenvalue weighted by molar-refractivity contribution is 0.462. The maximum Gasteiger partial charge on any atom is 0.323 e. The topological polar surface area (TPSA) is 74.7 Å². The van der Waals surface area contributed by atoms with E-state index in [2.05, 4.69) is 9.97 Å². The van der Waals surface area contributed by atoms with Gasteiger partial charge in [-0.3, -0.25) is 0 Å². The average molecular weight is 217 g/mol. The molecule has 0 amide bonds. The summed E-state index contributed by atoms with van der Waals surface area (Å²) in [6.45, 7) is 0. The summed E-state index contributed by atoms with van der Waals surface area (Å²) in [5, 5.41) is 0. The number of nitrogens with one attached hydrogen (secondary N) is 2. The van der Waals surface area contributed by atoms with Gasteiger partial charge in [-0.2, -0.15) is 0 Å². The van der Waals surface area contributed by atoms with Crippen molar-refractivity contribution in [3.05, 3.63) is 34.2 Å². The van der Waals surface area contributed by atoms with Crippen molar-refractivity contribution < 1.29 is 0 Å². The average Bonchev–Trinajstić information content (AvgIpc) is 2.82. The summed E-state index contributed by atoms with van der Waals surface area (Å²) in [5.74, 6) is 0. The predicted molar refractivity (Wildman–Crippen MR) is 63.3 cm³/mol. The molecule has 3 rings (SSSR count). The molecule has 1 aromatic heterocycles. The van der Waals surface area contributed by atoms with Crippen molar-refractivity contribution in [3.8, 4) is 0 Å². The molecule has 1 aliphatic rings. The molecule has 1 aliphatic carbocycles. The van der Waals surface area contributed by atoms with E-state index in [4.69, 9.17) is 5.73 Å². The van der Waals surface area contributed by atoms with Gasteiger partial charge in [0.25, 0.3) is 0 Å². The van der Waals surface area contributed by atoms with E-state index < -0.39 is 0 Å². The van der Waals surface area contributed by atoms with Gasteiger partial charge < -0.3 is 15.7 Å². The molecule has 4 heteroatoms. The van der Waals surface area contributed by atoms with Crippen LogP contribution in [-0.2, 0) is 5.54 Å². The van der Waals surface area contributed by atoms with E-state index in [0.717, 1.165) is 29.4 Å².